The van der Waals surface area contributed by atoms with E-state index in [0.29, 0.717) is 0 Å². The van der Waals surface area contributed by atoms with Crippen LogP contribution >= 0.6 is 0 Å². The summed E-state index contributed by atoms with van der Waals surface area (Å²) in [5.74, 6) is -1.98. The Hall–Kier alpha value is -0.990. The third-order valence-corrected chi connectivity index (χ3v) is 1.49. The van der Waals surface area contributed by atoms with Gasteiger partial charge in [0, 0.05) is 0 Å². The quantitative estimate of drug-likeness (QED) is 0.331. The Labute approximate surface area is 52.0 Å². The van der Waals surface area contributed by atoms with Crippen LogP contribution in [0.15, 0.2) is 0 Å². The average Bonchev–Trinajstić information content (AvgIpc) is 1.98. The van der Waals surface area contributed by atoms with Crippen LogP contribution < -0.4 is 0 Å². The van der Waals surface area contributed by atoms with Crippen molar-refractivity contribution in [2.75, 3.05) is 0 Å². The zero-order chi connectivity index (χ0) is 7.02. The van der Waals surface area contributed by atoms with Crippen molar-refractivity contribution in [1.82, 2.24) is 0 Å². The summed E-state index contributed by atoms with van der Waals surface area (Å²) < 4.78 is 0. The lowest BCUT2D eigenvalue weighted by Crippen LogP contribution is -2.12. The monoisotopic (exact) mass is 126 g/mol. The Kier molecular flexibility index (Phi) is 1.20. The molecule has 0 radical (unpaired) electrons. The van der Waals surface area contributed by atoms with Gasteiger partial charge >= 0.3 is 0 Å². The highest BCUT2D eigenvalue weighted by Gasteiger charge is 2.36. The maximum atomic E-state index is 10.6. The molecule has 0 unspecified atom stereocenters. The third kappa shape index (κ3) is 0.781. The fraction of sp³-hybridized carbons (Fsp3) is 0.500. The van der Waals surface area contributed by atoms with Gasteiger partial charge in [0.25, 0.3) is 0 Å². The summed E-state index contributed by atoms with van der Waals surface area (Å²) in [6.07, 6.45) is -0.181. The van der Waals surface area contributed by atoms with Crippen LogP contribution in [0, 0.1) is 5.92 Å². The van der Waals surface area contributed by atoms with Crippen molar-refractivity contribution in [3.63, 3.8) is 0 Å². The minimum atomic E-state index is -0.669. The van der Waals surface area contributed by atoms with E-state index in [2.05, 4.69) is 0 Å². The maximum Gasteiger partial charge on any atom is 0.209 e. The van der Waals surface area contributed by atoms with Gasteiger partial charge in [-0.25, -0.2) is 0 Å². The van der Waals surface area contributed by atoms with Gasteiger partial charge < -0.3 is 0 Å². The average molecular weight is 126 g/mol. The smallest absolute Gasteiger partial charge is 0.209 e. The summed E-state index contributed by atoms with van der Waals surface area (Å²) in [5.41, 5.74) is 0. The SMILES string of the molecule is C[C@H]1C(=O)CC(=O)C1=O. The molecule has 48 valence electrons. The molecule has 9 heavy (non-hydrogen) atoms. The molecule has 1 rings (SSSR count). The molecule has 3 nitrogen and oxygen atoms in total. The van der Waals surface area contributed by atoms with Crippen LogP contribution in [0.1, 0.15) is 13.3 Å². The summed E-state index contributed by atoms with van der Waals surface area (Å²) in [6.45, 7) is 1.47. The summed E-state index contributed by atoms with van der Waals surface area (Å²) in [7, 11) is 0. The second-order valence-corrected chi connectivity index (χ2v) is 2.15. The van der Waals surface area contributed by atoms with Crippen molar-refractivity contribution < 1.29 is 14.4 Å². The number of carbonyl (C=O) groups is 3. The molecule has 1 saturated carbocycles. The molecule has 0 amide bonds. The van der Waals surface area contributed by atoms with E-state index in [0.717, 1.165) is 0 Å². The van der Waals surface area contributed by atoms with Crippen LogP contribution in [0.25, 0.3) is 0 Å². The zero-order valence-electron chi connectivity index (χ0n) is 5.01. The van der Waals surface area contributed by atoms with E-state index in [1.165, 1.54) is 6.92 Å². The van der Waals surface area contributed by atoms with Crippen molar-refractivity contribution in [3.8, 4) is 0 Å². The molecule has 1 aliphatic carbocycles. The lowest BCUT2D eigenvalue weighted by Gasteiger charge is -1.89. The predicted octanol–water partition coefficient (Wildman–Crippen LogP) is -0.266. The van der Waals surface area contributed by atoms with Crippen molar-refractivity contribution in [2.24, 2.45) is 5.92 Å². The molecule has 0 bridgehead atoms. The number of ketones is 3. The van der Waals surface area contributed by atoms with Crippen molar-refractivity contribution >= 4 is 17.3 Å². The fourth-order valence-corrected chi connectivity index (χ4v) is 0.786. The predicted molar refractivity (Wildman–Crippen MR) is 28.8 cm³/mol. The van der Waals surface area contributed by atoms with Crippen molar-refractivity contribution in [2.45, 2.75) is 13.3 Å². The van der Waals surface area contributed by atoms with Crippen LogP contribution in [0.3, 0.4) is 0 Å². The lowest BCUT2D eigenvalue weighted by atomic mass is 10.1. The molecule has 1 aliphatic rings. The number of hydrogen-bond acceptors (Lipinski definition) is 3. The maximum absolute atomic E-state index is 10.6. The summed E-state index contributed by atoms with van der Waals surface area (Å²) >= 11 is 0. The lowest BCUT2D eigenvalue weighted by molar-refractivity contribution is -0.135. The Morgan fingerprint density at radius 1 is 1.33 bits per heavy atom. The van der Waals surface area contributed by atoms with E-state index in [4.69, 9.17) is 0 Å². The van der Waals surface area contributed by atoms with Gasteiger partial charge in [-0.3, -0.25) is 14.4 Å². The highest BCUT2D eigenvalue weighted by atomic mass is 16.2. The molecule has 0 aromatic carbocycles. The first-order valence-corrected chi connectivity index (χ1v) is 2.72. The molecular formula is C6H6O3. The van der Waals surface area contributed by atoms with E-state index in [1.54, 1.807) is 0 Å². The highest BCUT2D eigenvalue weighted by molar-refractivity contribution is 6.49. The van der Waals surface area contributed by atoms with Crippen LogP contribution in [0.2, 0.25) is 0 Å². The first-order valence-electron chi connectivity index (χ1n) is 2.72. The molecule has 1 atom stereocenters. The molecular weight excluding hydrogens is 120 g/mol. The molecule has 0 saturated heterocycles. The minimum Gasteiger partial charge on any atom is -0.298 e. The van der Waals surface area contributed by atoms with Gasteiger partial charge in [-0.1, -0.05) is 0 Å². The molecule has 0 spiro atoms. The standard InChI is InChI=1S/C6H6O3/c1-3-4(7)2-5(8)6(3)9/h3H,2H2,1H3/t3-/m0/s1. The van der Waals surface area contributed by atoms with Crippen molar-refractivity contribution in [3.05, 3.63) is 0 Å². The Morgan fingerprint density at radius 2 is 1.89 bits per heavy atom. The molecule has 0 aliphatic heterocycles. The normalized spacial score (nSPS) is 27.7. The van der Waals surface area contributed by atoms with E-state index in [1.807, 2.05) is 0 Å². The third-order valence-electron chi connectivity index (χ3n) is 1.49. The second kappa shape index (κ2) is 1.76. The van der Waals surface area contributed by atoms with E-state index in [9.17, 15) is 14.4 Å². The fourth-order valence-electron chi connectivity index (χ4n) is 0.786. The van der Waals surface area contributed by atoms with E-state index in [-0.39, 0.29) is 12.2 Å². The van der Waals surface area contributed by atoms with E-state index >= 15 is 0 Å². The zero-order valence-corrected chi connectivity index (χ0v) is 5.01. The Bertz CT molecular complexity index is 192. The summed E-state index contributed by atoms with van der Waals surface area (Å²) in [4.78, 5) is 31.5. The Balaban J connectivity index is 2.90. The number of hydrogen-bond donors (Lipinski definition) is 0. The van der Waals surface area contributed by atoms with Crippen LogP contribution in [-0.4, -0.2) is 17.3 Å². The Morgan fingerprint density at radius 3 is 2.00 bits per heavy atom. The molecule has 0 heterocycles. The first-order chi connectivity index (χ1) is 4.13. The molecule has 1 fully saturated rings. The van der Waals surface area contributed by atoms with Crippen LogP contribution in [0.5, 0.6) is 0 Å². The first kappa shape index (κ1) is 6.13. The van der Waals surface area contributed by atoms with Crippen molar-refractivity contribution in [1.29, 1.82) is 0 Å². The molecule has 3 heteroatoms. The van der Waals surface area contributed by atoms with Gasteiger partial charge in [-0.15, -0.1) is 0 Å². The molecule has 0 aromatic rings. The van der Waals surface area contributed by atoms with Gasteiger partial charge in [0.15, 0.2) is 5.78 Å². The number of rotatable bonds is 0. The largest absolute Gasteiger partial charge is 0.298 e. The van der Waals surface area contributed by atoms with Crippen LogP contribution in [0.4, 0.5) is 0 Å². The van der Waals surface area contributed by atoms with Crippen LogP contribution in [-0.2, 0) is 14.4 Å². The minimum absolute atomic E-state index is 0.181. The topological polar surface area (TPSA) is 51.2 Å². The summed E-state index contributed by atoms with van der Waals surface area (Å²) in [5, 5.41) is 0. The molecule has 0 aromatic heterocycles. The van der Waals surface area contributed by atoms with Gasteiger partial charge in [0.1, 0.15) is 0 Å². The van der Waals surface area contributed by atoms with Gasteiger partial charge in [-0.05, 0) is 6.92 Å². The van der Waals surface area contributed by atoms with Gasteiger partial charge in [0.05, 0.1) is 12.3 Å². The van der Waals surface area contributed by atoms with Gasteiger partial charge in [0.2, 0.25) is 11.6 Å². The number of Topliss-reactive ketones (excluding diaryl/α,β-unsaturated/α-hetero) is 3. The van der Waals surface area contributed by atoms with E-state index < -0.39 is 17.5 Å². The van der Waals surface area contributed by atoms with Gasteiger partial charge in [-0.2, -0.15) is 0 Å². The number of carbonyl (C=O) groups excluding carboxylic acids is 3. The molecule has 0 N–H and O–H groups in total. The highest BCUT2D eigenvalue weighted by Crippen LogP contribution is 2.12. The second-order valence-electron chi connectivity index (χ2n) is 2.15. The summed E-state index contributed by atoms with van der Waals surface area (Å²) in [6, 6.07) is 0.